The Kier molecular flexibility index (Phi) is 3.98. The maximum absolute atomic E-state index is 13.1. The Hall–Kier alpha value is -2.85. The molecule has 0 aliphatic carbocycles. The van der Waals surface area contributed by atoms with Crippen molar-refractivity contribution in [1.82, 2.24) is 0 Å². The fourth-order valence-corrected chi connectivity index (χ4v) is 1.90. The largest absolute Gasteiger partial charge is 0.377 e. The molecule has 4 heteroatoms. The number of halogens is 1. The van der Waals surface area contributed by atoms with Gasteiger partial charge < -0.3 is 5.32 Å². The molecule has 0 aliphatic heterocycles. The first-order chi connectivity index (χ1) is 9.63. The van der Waals surface area contributed by atoms with E-state index in [0.717, 1.165) is 5.56 Å². The van der Waals surface area contributed by atoms with Crippen molar-refractivity contribution in [3.63, 3.8) is 0 Å². The van der Waals surface area contributed by atoms with Gasteiger partial charge in [-0.3, -0.25) is 0 Å². The van der Waals surface area contributed by atoms with E-state index in [9.17, 15) is 4.39 Å². The summed E-state index contributed by atoms with van der Waals surface area (Å²) >= 11 is 0. The number of rotatable bonds is 3. The molecule has 98 valence electrons. The van der Waals surface area contributed by atoms with Gasteiger partial charge in [-0.15, -0.1) is 0 Å². The van der Waals surface area contributed by atoms with E-state index in [-0.39, 0.29) is 11.6 Å². The molecule has 0 radical (unpaired) electrons. The van der Waals surface area contributed by atoms with Gasteiger partial charge in [-0.1, -0.05) is 12.1 Å². The minimum absolute atomic E-state index is 0.0553. The smallest absolute Gasteiger partial charge is 0.124 e. The van der Waals surface area contributed by atoms with Crippen molar-refractivity contribution in [2.75, 3.05) is 5.32 Å². The lowest BCUT2D eigenvalue weighted by atomic mass is 10.1. The van der Waals surface area contributed by atoms with Crippen molar-refractivity contribution in [2.24, 2.45) is 0 Å². The van der Waals surface area contributed by atoms with E-state index in [1.54, 1.807) is 18.2 Å². The minimum Gasteiger partial charge on any atom is -0.377 e. The summed E-state index contributed by atoms with van der Waals surface area (Å²) in [5.74, 6) is -0.432. The van der Waals surface area contributed by atoms with Crippen LogP contribution in [0.4, 0.5) is 10.1 Å². The molecule has 0 spiro atoms. The van der Waals surface area contributed by atoms with Crippen molar-refractivity contribution in [3.05, 3.63) is 65.0 Å². The third-order valence-electron chi connectivity index (χ3n) is 3.01. The van der Waals surface area contributed by atoms with E-state index in [0.29, 0.717) is 11.3 Å². The lowest BCUT2D eigenvalue weighted by molar-refractivity contribution is 0.627. The normalized spacial score (nSPS) is 11.2. The molecule has 20 heavy (non-hydrogen) atoms. The van der Waals surface area contributed by atoms with E-state index in [1.165, 1.54) is 12.1 Å². The predicted octanol–water partition coefficient (Wildman–Crippen LogP) is 3.74. The third kappa shape index (κ3) is 2.93. The Balaban J connectivity index is 2.21. The van der Waals surface area contributed by atoms with Crippen LogP contribution in [0.2, 0.25) is 0 Å². The van der Waals surface area contributed by atoms with Gasteiger partial charge in [0.15, 0.2) is 0 Å². The van der Waals surface area contributed by atoms with Crippen LogP contribution in [0.3, 0.4) is 0 Å². The number of benzene rings is 2. The van der Waals surface area contributed by atoms with Crippen LogP contribution in [0.1, 0.15) is 29.7 Å². The predicted molar refractivity (Wildman–Crippen MR) is 74.3 cm³/mol. The van der Waals surface area contributed by atoms with Crippen molar-refractivity contribution in [1.29, 1.82) is 10.5 Å². The molecular formula is C16H12FN3. The summed E-state index contributed by atoms with van der Waals surface area (Å²) < 4.78 is 13.1. The van der Waals surface area contributed by atoms with Crippen molar-refractivity contribution in [2.45, 2.75) is 13.0 Å². The molecule has 0 fully saturated rings. The molecule has 0 amide bonds. The van der Waals surface area contributed by atoms with Crippen LogP contribution in [0.5, 0.6) is 0 Å². The highest BCUT2D eigenvalue weighted by Crippen LogP contribution is 2.23. The Morgan fingerprint density at radius 2 is 1.75 bits per heavy atom. The van der Waals surface area contributed by atoms with E-state index in [4.69, 9.17) is 10.5 Å². The van der Waals surface area contributed by atoms with Crippen LogP contribution in [0.15, 0.2) is 42.5 Å². The van der Waals surface area contributed by atoms with Gasteiger partial charge in [-0.25, -0.2) is 4.39 Å². The SMILES string of the molecule is CC(Nc1ccc(F)cc1C#N)c1ccc(C#N)cc1. The molecule has 0 bridgehead atoms. The summed E-state index contributed by atoms with van der Waals surface area (Å²) in [7, 11) is 0. The second-order valence-electron chi connectivity index (χ2n) is 4.40. The summed E-state index contributed by atoms with van der Waals surface area (Å²) in [5.41, 5.74) is 2.44. The zero-order chi connectivity index (χ0) is 14.5. The number of nitrogens with one attached hydrogen (secondary N) is 1. The zero-order valence-electron chi connectivity index (χ0n) is 10.9. The first-order valence-electron chi connectivity index (χ1n) is 6.10. The fourth-order valence-electron chi connectivity index (χ4n) is 1.90. The molecular weight excluding hydrogens is 253 g/mol. The molecule has 1 N–H and O–H groups in total. The Morgan fingerprint density at radius 3 is 2.35 bits per heavy atom. The number of nitrogens with zero attached hydrogens (tertiary/aromatic N) is 2. The molecule has 0 heterocycles. The Morgan fingerprint density at radius 1 is 1.05 bits per heavy atom. The number of nitriles is 2. The summed E-state index contributed by atoms with van der Waals surface area (Å²) in [6, 6.07) is 15.2. The molecule has 2 rings (SSSR count). The summed E-state index contributed by atoms with van der Waals surface area (Å²) in [4.78, 5) is 0. The van der Waals surface area contributed by atoms with Crippen LogP contribution in [-0.2, 0) is 0 Å². The lowest BCUT2D eigenvalue weighted by Crippen LogP contribution is -2.08. The average Bonchev–Trinajstić information content (AvgIpc) is 2.49. The quantitative estimate of drug-likeness (QED) is 0.919. The highest BCUT2D eigenvalue weighted by atomic mass is 19.1. The third-order valence-corrected chi connectivity index (χ3v) is 3.01. The monoisotopic (exact) mass is 265 g/mol. The maximum Gasteiger partial charge on any atom is 0.124 e. The average molecular weight is 265 g/mol. The molecule has 0 aromatic heterocycles. The van der Waals surface area contributed by atoms with E-state index < -0.39 is 5.82 Å². The topological polar surface area (TPSA) is 59.6 Å². The lowest BCUT2D eigenvalue weighted by Gasteiger charge is -2.16. The fraction of sp³-hybridized carbons (Fsp3) is 0.125. The van der Waals surface area contributed by atoms with Crippen molar-refractivity contribution < 1.29 is 4.39 Å². The summed E-state index contributed by atoms with van der Waals surface area (Å²) in [6.07, 6.45) is 0. The maximum atomic E-state index is 13.1. The van der Waals surface area contributed by atoms with Crippen LogP contribution in [0.25, 0.3) is 0 Å². The van der Waals surface area contributed by atoms with Crippen LogP contribution in [0, 0.1) is 28.5 Å². The van der Waals surface area contributed by atoms with Gasteiger partial charge in [0, 0.05) is 6.04 Å². The van der Waals surface area contributed by atoms with Crippen LogP contribution in [-0.4, -0.2) is 0 Å². The van der Waals surface area contributed by atoms with E-state index in [2.05, 4.69) is 11.4 Å². The second kappa shape index (κ2) is 5.86. The van der Waals surface area contributed by atoms with Gasteiger partial charge in [0.25, 0.3) is 0 Å². The van der Waals surface area contributed by atoms with Gasteiger partial charge in [0.1, 0.15) is 11.9 Å². The van der Waals surface area contributed by atoms with E-state index >= 15 is 0 Å². The Labute approximate surface area is 116 Å². The molecule has 3 nitrogen and oxygen atoms in total. The molecule has 0 saturated heterocycles. The minimum atomic E-state index is -0.432. The molecule has 1 unspecified atom stereocenters. The standard InChI is InChI=1S/C16H12FN3/c1-11(13-4-2-12(9-18)3-5-13)20-16-7-6-15(17)8-14(16)10-19/h2-8,11,20H,1H3. The second-order valence-corrected chi connectivity index (χ2v) is 4.40. The summed E-state index contributed by atoms with van der Waals surface area (Å²) in [5, 5.41) is 20.9. The van der Waals surface area contributed by atoms with Crippen molar-refractivity contribution in [3.8, 4) is 12.1 Å². The highest BCUT2D eigenvalue weighted by Gasteiger charge is 2.09. The molecule has 0 saturated carbocycles. The highest BCUT2D eigenvalue weighted by molar-refractivity contribution is 5.58. The molecule has 2 aromatic carbocycles. The summed E-state index contributed by atoms with van der Waals surface area (Å²) in [6.45, 7) is 1.94. The zero-order valence-corrected chi connectivity index (χ0v) is 10.9. The molecule has 2 aromatic rings. The first kappa shape index (κ1) is 13.6. The van der Waals surface area contributed by atoms with Gasteiger partial charge >= 0.3 is 0 Å². The van der Waals surface area contributed by atoms with E-state index in [1.807, 2.05) is 25.1 Å². The van der Waals surface area contributed by atoms with Gasteiger partial charge in [-0.05, 0) is 42.8 Å². The number of anilines is 1. The van der Waals surface area contributed by atoms with Gasteiger partial charge in [0.2, 0.25) is 0 Å². The van der Waals surface area contributed by atoms with Crippen LogP contribution < -0.4 is 5.32 Å². The molecule has 1 atom stereocenters. The first-order valence-corrected chi connectivity index (χ1v) is 6.10. The van der Waals surface area contributed by atoms with Gasteiger partial charge in [-0.2, -0.15) is 10.5 Å². The number of hydrogen-bond acceptors (Lipinski definition) is 3. The molecule has 0 aliphatic rings. The Bertz CT molecular complexity index is 693. The van der Waals surface area contributed by atoms with Crippen molar-refractivity contribution >= 4 is 5.69 Å². The number of hydrogen-bond donors (Lipinski definition) is 1. The van der Waals surface area contributed by atoms with Gasteiger partial charge in [0.05, 0.1) is 22.9 Å². The van der Waals surface area contributed by atoms with Crippen LogP contribution >= 0.6 is 0 Å².